The van der Waals surface area contributed by atoms with Gasteiger partial charge in [-0.15, -0.1) is 0 Å². The zero-order chi connectivity index (χ0) is 12.3. The average Bonchev–Trinajstić information content (AvgIpc) is 2.30. The number of ether oxygens (including phenoxy) is 1. The first-order valence-corrected chi connectivity index (χ1v) is 5.77. The van der Waals surface area contributed by atoms with Gasteiger partial charge in [0.1, 0.15) is 5.82 Å². The van der Waals surface area contributed by atoms with E-state index in [1.54, 1.807) is 0 Å². The molecule has 0 spiro atoms. The molecule has 0 bridgehead atoms. The van der Waals surface area contributed by atoms with Gasteiger partial charge in [-0.05, 0) is 31.7 Å². The van der Waals surface area contributed by atoms with Crippen LogP contribution < -0.4 is 4.74 Å². The molecular weight excluding hydrogens is 225 g/mol. The largest absolute Gasteiger partial charge is 0.483 e. The van der Waals surface area contributed by atoms with Crippen LogP contribution in [0.15, 0.2) is 18.2 Å². The van der Waals surface area contributed by atoms with Crippen LogP contribution in [0.1, 0.15) is 32.1 Å². The van der Waals surface area contributed by atoms with Gasteiger partial charge in [0.2, 0.25) is 0 Å². The van der Waals surface area contributed by atoms with Crippen LogP contribution in [-0.4, -0.2) is 11.0 Å². The lowest BCUT2D eigenvalue weighted by atomic mass is 9.98. The van der Waals surface area contributed by atoms with Crippen LogP contribution in [-0.2, 0) is 0 Å². The number of benzene rings is 1. The lowest BCUT2D eigenvalue weighted by Crippen LogP contribution is -2.20. The van der Waals surface area contributed by atoms with E-state index in [0.717, 1.165) is 43.9 Å². The second kappa shape index (κ2) is 5.12. The van der Waals surface area contributed by atoms with Crippen molar-refractivity contribution in [3.8, 4) is 5.75 Å². The minimum atomic E-state index is -0.544. The van der Waals surface area contributed by atoms with Crippen LogP contribution in [0, 0.1) is 15.9 Å². The molecule has 0 aliphatic heterocycles. The van der Waals surface area contributed by atoms with E-state index >= 15 is 0 Å². The van der Waals surface area contributed by atoms with Crippen molar-refractivity contribution in [1.82, 2.24) is 0 Å². The molecule has 0 saturated heterocycles. The van der Waals surface area contributed by atoms with Crippen molar-refractivity contribution in [2.45, 2.75) is 38.2 Å². The minimum Gasteiger partial charge on any atom is -0.483 e. The first kappa shape index (κ1) is 11.8. The van der Waals surface area contributed by atoms with Gasteiger partial charge in [0.25, 0.3) is 0 Å². The number of rotatable bonds is 3. The number of nitro benzene ring substituents is 1. The quantitative estimate of drug-likeness (QED) is 0.599. The summed E-state index contributed by atoms with van der Waals surface area (Å²) in [6.07, 6.45) is 5.04. The monoisotopic (exact) mass is 239 g/mol. The number of hydrogen-bond donors (Lipinski definition) is 0. The third kappa shape index (κ3) is 2.93. The van der Waals surface area contributed by atoms with E-state index in [-0.39, 0.29) is 17.5 Å². The lowest BCUT2D eigenvalue weighted by Gasteiger charge is -2.22. The molecule has 1 fully saturated rings. The molecule has 92 valence electrons. The molecule has 4 nitrogen and oxygen atoms in total. The SMILES string of the molecule is O=[N+]([O-])c1ccc(F)cc1OC1CCCCC1. The van der Waals surface area contributed by atoms with E-state index in [4.69, 9.17) is 4.74 Å². The van der Waals surface area contributed by atoms with Gasteiger partial charge in [0.05, 0.1) is 11.0 Å². The van der Waals surface area contributed by atoms with Crippen molar-refractivity contribution in [3.05, 3.63) is 34.1 Å². The van der Waals surface area contributed by atoms with Crippen LogP contribution in [0.25, 0.3) is 0 Å². The molecule has 0 unspecified atom stereocenters. The summed E-state index contributed by atoms with van der Waals surface area (Å²) in [5.74, 6) is -0.469. The maximum Gasteiger partial charge on any atom is 0.311 e. The Morgan fingerprint density at radius 2 is 2.00 bits per heavy atom. The first-order chi connectivity index (χ1) is 8.16. The molecule has 2 rings (SSSR count). The second-order valence-corrected chi connectivity index (χ2v) is 4.25. The molecule has 1 aromatic carbocycles. The number of nitro groups is 1. The maximum absolute atomic E-state index is 13.1. The van der Waals surface area contributed by atoms with Gasteiger partial charge in [0, 0.05) is 12.1 Å². The maximum atomic E-state index is 13.1. The predicted molar refractivity (Wildman–Crippen MR) is 60.6 cm³/mol. The molecule has 0 radical (unpaired) electrons. The van der Waals surface area contributed by atoms with Crippen LogP contribution in [0.5, 0.6) is 5.75 Å². The van der Waals surface area contributed by atoms with Gasteiger partial charge in [-0.25, -0.2) is 4.39 Å². The predicted octanol–water partition coefficient (Wildman–Crippen LogP) is 3.45. The Hall–Kier alpha value is -1.65. The molecule has 0 heterocycles. The summed E-state index contributed by atoms with van der Waals surface area (Å²) in [6.45, 7) is 0. The van der Waals surface area contributed by atoms with Gasteiger partial charge in [-0.2, -0.15) is 0 Å². The molecular formula is C12H14FNO3. The summed E-state index contributed by atoms with van der Waals surface area (Å²) < 4.78 is 18.6. The lowest BCUT2D eigenvalue weighted by molar-refractivity contribution is -0.386. The Bertz CT molecular complexity index is 416. The fourth-order valence-electron chi connectivity index (χ4n) is 2.10. The highest BCUT2D eigenvalue weighted by Gasteiger charge is 2.21. The molecule has 0 atom stereocenters. The summed E-state index contributed by atoms with van der Waals surface area (Å²) in [4.78, 5) is 10.2. The highest BCUT2D eigenvalue weighted by atomic mass is 19.1. The number of hydrogen-bond acceptors (Lipinski definition) is 3. The third-order valence-electron chi connectivity index (χ3n) is 2.96. The normalized spacial score (nSPS) is 16.8. The molecule has 1 aliphatic carbocycles. The van der Waals surface area contributed by atoms with E-state index in [2.05, 4.69) is 0 Å². The molecule has 1 aromatic rings. The fourth-order valence-corrected chi connectivity index (χ4v) is 2.10. The van der Waals surface area contributed by atoms with Crippen molar-refractivity contribution < 1.29 is 14.1 Å². The molecule has 1 aliphatic rings. The van der Waals surface area contributed by atoms with Gasteiger partial charge < -0.3 is 4.74 Å². The van der Waals surface area contributed by atoms with Crippen molar-refractivity contribution in [3.63, 3.8) is 0 Å². The highest BCUT2D eigenvalue weighted by Crippen LogP contribution is 2.31. The van der Waals surface area contributed by atoms with Gasteiger partial charge in [-0.3, -0.25) is 10.1 Å². The molecule has 0 aromatic heterocycles. The summed E-state index contributed by atoms with van der Waals surface area (Å²) >= 11 is 0. The van der Waals surface area contributed by atoms with Crippen LogP contribution in [0.2, 0.25) is 0 Å². The summed E-state index contributed by atoms with van der Waals surface area (Å²) in [7, 11) is 0. The highest BCUT2D eigenvalue weighted by molar-refractivity contribution is 5.46. The molecule has 17 heavy (non-hydrogen) atoms. The van der Waals surface area contributed by atoms with E-state index < -0.39 is 10.7 Å². The summed E-state index contributed by atoms with van der Waals surface area (Å²) in [6, 6.07) is 3.31. The van der Waals surface area contributed by atoms with Crippen molar-refractivity contribution in [2.24, 2.45) is 0 Å². The Labute approximate surface area is 98.5 Å². The minimum absolute atomic E-state index is 0.0238. The second-order valence-electron chi connectivity index (χ2n) is 4.25. The van der Waals surface area contributed by atoms with Gasteiger partial charge >= 0.3 is 5.69 Å². The summed E-state index contributed by atoms with van der Waals surface area (Å²) in [5, 5.41) is 10.8. The Morgan fingerprint density at radius 1 is 1.29 bits per heavy atom. The van der Waals surface area contributed by atoms with E-state index in [1.807, 2.05) is 0 Å². The fraction of sp³-hybridized carbons (Fsp3) is 0.500. The van der Waals surface area contributed by atoms with E-state index in [9.17, 15) is 14.5 Å². The van der Waals surface area contributed by atoms with E-state index in [1.165, 1.54) is 6.42 Å². The van der Waals surface area contributed by atoms with Crippen molar-refractivity contribution in [1.29, 1.82) is 0 Å². The van der Waals surface area contributed by atoms with Crippen LogP contribution >= 0.6 is 0 Å². The Morgan fingerprint density at radius 3 is 2.65 bits per heavy atom. The van der Waals surface area contributed by atoms with Crippen LogP contribution in [0.4, 0.5) is 10.1 Å². The van der Waals surface area contributed by atoms with Crippen molar-refractivity contribution in [2.75, 3.05) is 0 Å². The molecule has 0 amide bonds. The topological polar surface area (TPSA) is 52.4 Å². The zero-order valence-corrected chi connectivity index (χ0v) is 9.39. The zero-order valence-electron chi connectivity index (χ0n) is 9.39. The molecule has 1 saturated carbocycles. The summed E-state index contributed by atoms with van der Waals surface area (Å²) in [5.41, 5.74) is -0.169. The van der Waals surface area contributed by atoms with Gasteiger partial charge in [-0.1, -0.05) is 6.42 Å². The van der Waals surface area contributed by atoms with Gasteiger partial charge in [0.15, 0.2) is 5.75 Å². The third-order valence-corrected chi connectivity index (χ3v) is 2.96. The molecule has 0 N–H and O–H groups in total. The Balaban J connectivity index is 2.17. The first-order valence-electron chi connectivity index (χ1n) is 5.77. The number of nitrogens with zero attached hydrogens (tertiary/aromatic N) is 1. The number of halogens is 1. The smallest absolute Gasteiger partial charge is 0.311 e. The van der Waals surface area contributed by atoms with Crippen molar-refractivity contribution >= 4 is 5.69 Å². The standard InChI is InChI=1S/C12H14FNO3/c13-9-6-7-11(14(15)16)12(8-9)17-10-4-2-1-3-5-10/h6-8,10H,1-5H2. The average molecular weight is 239 g/mol. The Kier molecular flexibility index (Phi) is 3.56. The molecule has 5 heteroatoms. The van der Waals surface area contributed by atoms with Crippen LogP contribution in [0.3, 0.4) is 0 Å². The van der Waals surface area contributed by atoms with E-state index in [0.29, 0.717) is 0 Å².